The Balaban J connectivity index is 2.26. The summed E-state index contributed by atoms with van der Waals surface area (Å²) in [7, 11) is 0. The lowest BCUT2D eigenvalue weighted by Gasteiger charge is -2.10. The van der Waals surface area contributed by atoms with E-state index in [0.717, 1.165) is 12.0 Å². The van der Waals surface area contributed by atoms with Gasteiger partial charge in [0.15, 0.2) is 0 Å². The number of rotatable bonds is 6. The normalized spacial score (nSPS) is 12.1. The Kier molecular flexibility index (Phi) is 5.50. The van der Waals surface area contributed by atoms with E-state index in [4.69, 9.17) is 10.5 Å². The minimum Gasteiger partial charge on any atom is -0.466 e. The van der Waals surface area contributed by atoms with Crippen LogP contribution in [0.25, 0.3) is 0 Å². The van der Waals surface area contributed by atoms with E-state index in [2.05, 4.69) is 4.98 Å². The van der Waals surface area contributed by atoms with E-state index in [1.54, 1.807) is 19.3 Å². The molecule has 0 radical (unpaired) electrons. The highest BCUT2D eigenvalue weighted by Crippen LogP contribution is 2.05. The first-order valence-electron chi connectivity index (χ1n) is 5.52. The van der Waals surface area contributed by atoms with Crippen molar-refractivity contribution in [3.63, 3.8) is 0 Å². The number of nitrogens with two attached hydrogens (primary N) is 1. The highest BCUT2D eigenvalue weighted by atomic mass is 16.5. The third kappa shape index (κ3) is 4.89. The molecule has 0 fully saturated rings. The summed E-state index contributed by atoms with van der Waals surface area (Å²) in [5.41, 5.74) is 7.07. The van der Waals surface area contributed by atoms with Gasteiger partial charge in [-0.1, -0.05) is 0 Å². The average molecular weight is 222 g/mol. The average Bonchev–Trinajstić information content (AvgIpc) is 2.28. The standard InChI is InChI=1S/C12H18N2O2/c1-2-16-12(15)4-3-11(13)9-10-5-7-14-8-6-10/h5-8,11H,2-4,9,13H2,1H3. The Bertz CT molecular complexity index is 314. The highest BCUT2D eigenvalue weighted by Gasteiger charge is 2.08. The molecular weight excluding hydrogens is 204 g/mol. The third-order valence-electron chi connectivity index (χ3n) is 2.27. The van der Waals surface area contributed by atoms with Crippen LogP contribution in [0.2, 0.25) is 0 Å². The highest BCUT2D eigenvalue weighted by molar-refractivity contribution is 5.69. The lowest BCUT2D eigenvalue weighted by atomic mass is 10.0. The fraction of sp³-hybridized carbons (Fsp3) is 0.500. The van der Waals surface area contributed by atoms with Crippen molar-refractivity contribution in [2.45, 2.75) is 32.2 Å². The molecule has 0 amide bonds. The van der Waals surface area contributed by atoms with E-state index in [9.17, 15) is 4.79 Å². The summed E-state index contributed by atoms with van der Waals surface area (Å²) >= 11 is 0. The third-order valence-corrected chi connectivity index (χ3v) is 2.27. The van der Waals surface area contributed by atoms with Gasteiger partial charge in [0.25, 0.3) is 0 Å². The maximum absolute atomic E-state index is 11.1. The lowest BCUT2D eigenvalue weighted by Crippen LogP contribution is -2.24. The van der Waals surface area contributed by atoms with E-state index < -0.39 is 0 Å². The predicted molar refractivity (Wildman–Crippen MR) is 61.8 cm³/mol. The van der Waals surface area contributed by atoms with Crippen molar-refractivity contribution in [1.82, 2.24) is 4.98 Å². The van der Waals surface area contributed by atoms with Gasteiger partial charge in [0.05, 0.1) is 6.61 Å². The first-order valence-corrected chi connectivity index (χ1v) is 5.52. The maximum Gasteiger partial charge on any atom is 0.305 e. The van der Waals surface area contributed by atoms with Crippen molar-refractivity contribution in [2.75, 3.05) is 6.61 Å². The number of hydrogen-bond donors (Lipinski definition) is 1. The second-order valence-corrected chi connectivity index (χ2v) is 3.66. The van der Waals surface area contributed by atoms with Gasteiger partial charge in [-0.25, -0.2) is 0 Å². The molecular formula is C12H18N2O2. The monoisotopic (exact) mass is 222 g/mol. The number of pyridine rings is 1. The number of carbonyl (C=O) groups excluding carboxylic acids is 1. The number of carbonyl (C=O) groups is 1. The topological polar surface area (TPSA) is 65.2 Å². The van der Waals surface area contributed by atoms with E-state index in [-0.39, 0.29) is 12.0 Å². The second kappa shape index (κ2) is 6.95. The summed E-state index contributed by atoms with van der Waals surface area (Å²) in [5.74, 6) is -0.173. The van der Waals surface area contributed by atoms with Crippen LogP contribution in [0.5, 0.6) is 0 Å². The van der Waals surface area contributed by atoms with Gasteiger partial charge in [-0.05, 0) is 37.5 Å². The molecule has 16 heavy (non-hydrogen) atoms. The van der Waals surface area contributed by atoms with Gasteiger partial charge in [0.1, 0.15) is 0 Å². The smallest absolute Gasteiger partial charge is 0.305 e. The Hall–Kier alpha value is -1.42. The molecule has 0 saturated heterocycles. The fourth-order valence-electron chi connectivity index (χ4n) is 1.46. The van der Waals surface area contributed by atoms with E-state index in [1.165, 1.54) is 0 Å². The largest absolute Gasteiger partial charge is 0.466 e. The van der Waals surface area contributed by atoms with Crippen LogP contribution in [-0.2, 0) is 16.0 Å². The van der Waals surface area contributed by atoms with Crippen LogP contribution in [0, 0.1) is 0 Å². The number of nitrogens with zero attached hydrogens (tertiary/aromatic N) is 1. The molecule has 88 valence electrons. The summed E-state index contributed by atoms with van der Waals surface area (Å²) in [6.45, 7) is 2.23. The number of esters is 1. The Morgan fingerprint density at radius 3 is 2.81 bits per heavy atom. The molecule has 0 aliphatic carbocycles. The van der Waals surface area contributed by atoms with Crippen molar-refractivity contribution in [3.05, 3.63) is 30.1 Å². The molecule has 1 atom stereocenters. The van der Waals surface area contributed by atoms with Crippen molar-refractivity contribution in [2.24, 2.45) is 5.73 Å². The molecule has 0 aliphatic heterocycles. The molecule has 0 saturated carbocycles. The first kappa shape index (κ1) is 12.6. The molecule has 0 aliphatic rings. The zero-order chi connectivity index (χ0) is 11.8. The quantitative estimate of drug-likeness (QED) is 0.737. The number of aromatic nitrogens is 1. The van der Waals surface area contributed by atoms with Gasteiger partial charge in [-0.2, -0.15) is 0 Å². The van der Waals surface area contributed by atoms with Crippen LogP contribution in [-0.4, -0.2) is 23.6 Å². The van der Waals surface area contributed by atoms with Gasteiger partial charge in [0.2, 0.25) is 0 Å². The minimum atomic E-state index is -0.173. The van der Waals surface area contributed by atoms with Gasteiger partial charge in [-0.3, -0.25) is 9.78 Å². The van der Waals surface area contributed by atoms with Crippen LogP contribution < -0.4 is 5.73 Å². The number of hydrogen-bond acceptors (Lipinski definition) is 4. The Labute approximate surface area is 95.8 Å². The second-order valence-electron chi connectivity index (χ2n) is 3.66. The van der Waals surface area contributed by atoms with Crippen molar-refractivity contribution in [3.8, 4) is 0 Å². The Morgan fingerprint density at radius 2 is 2.19 bits per heavy atom. The molecule has 2 N–H and O–H groups in total. The van der Waals surface area contributed by atoms with Crippen LogP contribution in [0.4, 0.5) is 0 Å². The zero-order valence-electron chi connectivity index (χ0n) is 9.56. The fourth-order valence-corrected chi connectivity index (χ4v) is 1.46. The van der Waals surface area contributed by atoms with Gasteiger partial charge < -0.3 is 10.5 Å². The van der Waals surface area contributed by atoms with Crippen LogP contribution in [0.15, 0.2) is 24.5 Å². The van der Waals surface area contributed by atoms with Gasteiger partial charge >= 0.3 is 5.97 Å². The minimum absolute atomic E-state index is 0.00759. The van der Waals surface area contributed by atoms with E-state index in [1.807, 2.05) is 12.1 Å². The van der Waals surface area contributed by atoms with Gasteiger partial charge in [0, 0.05) is 24.9 Å². The van der Waals surface area contributed by atoms with Crippen molar-refractivity contribution in [1.29, 1.82) is 0 Å². The zero-order valence-corrected chi connectivity index (χ0v) is 9.56. The van der Waals surface area contributed by atoms with Crippen LogP contribution in [0.3, 0.4) is 0 Å². The molecule has 1 unspecified atom stereocenters. The van der Waals surface area contributed by atoms with Gasteiger partial charge in [-0.15, -0.1) is 0 Å². The molecule has 4 nitrogen and oxygen atoms in total. The van der Waals surface area contributed by atoms with E-state index in [0.29, 0.717) is 19.4 Å². The summed E-state index contributed by atoms with van der Waals surface area (Å²) in [4.78, 5) is 15.0. The predicted octanol–water partition coefficient (Wildman–Crippen LogP) is 1.29. The number of ether oxygens (including phenoxy) is 1. The first-order chi connectivity index (χ1) is 7.72. The van der Waals surface area contributed by atoms with E-state index >= 15 is 0 Å². The van der Waals surface area contributed by atoms with Crippen LogP contribution >= 0.6 is 0 Å². The molecule has 0 spiro atoms. The molecule has 4 heteroatoms. The summed E-state index contributed by atoms with van der Waals surface area (Å²) in [6, 6.07) is 3.86. The SMILES string of the molecule is CCOC(=O)CCC(N)Cc1ccncc1. The molecule has 0 bridgehead atoms. The maximum atomic E-state index is 11.1. The summed E-state index contributed by atoms with van der Waals surface area (Å²) in [6.07, 6.45) is 5.30. The molecule has 1 rings (SSSR count). The van der Waals surface area contributed by atoms with Crippen molar-refractivity contribution < 1.29 is 9.53 Å². The molecule has 1 aromatic heterocycles. The molecule has 1 aromatic rings. The summed E-state index contributed by atoms with van der Waals surface area (Å²) in [5, 5.41) is 0. The lowest BCUT2D eigenvalue weighted by molar-refractivity contribution is -0.143. The molecule has 1 heterocycles. The summed E-state index contributed by atoms with van der Waals surface area (Å²) < 4.78 is 4.84. The van der Waals surface area contributed by atoms with Crippen molar-refractivity contribution >= 4 is 5.97 Å². The van der Waals surface area contributed by atoms with Crippen LogP contribution in [0.1, 0.15) is 25.3 Å². The Morgan fingerprint density at radius 1 is 1.50 bits per heavy atom. The molecule has 0 aromatic carbocycles.